The van der Waals surface area contributed by atoms with Crippen LogP contribution in [0.25, 0.3) is 0 Å². The molecule has 0 saturated carbocycles. The fourth-order valence-electron chi connectivity index (χ4n) is 1.56. The lowest BCUT2D eigenvalue weighted by molar-refractivity contribution is -0.118. The van der Waals surface area contributed by atoms with Gasteiger partial charge in [0.15, 0.2) is 6.61 Å². The quantitative estimate of drug-likeness (QED) is 0.938. The van der Waals surface area contributed by atoms with Gasteiger partial charge in [0.1, 0.15) is 11.8 Å². The van der Waals surface area contributed by atoms with Crippen molar-refractivity contribution in [3.05, 3.63) is 59.1 Å². The van der Waals surface area contributed by atoms with Gasteiger partial charge in [-0.2, -0.15) is 5.26 Å². The molecule has 0 saturated heterocycles. The maximum atomic E-state index is 11.7. The number of nitrogens with one attached hydrogen (secondary N) is 1. The van der Waals surface area contributed by atoms with Gasteiger partial charge in [0.2, 0.25) is 0 Å². The second-order valence-corrected chi connectivity index (χ2v) is 4.38. The molecule has 0 unspecified atom stereocenters. The summed E-state index contributed by atoms with van der Waals surface area (Å²) in [5.41, 5.74) is 0.882. The van der Waals surface area contributed by atoms with E-state index in [1.54, 1.807) is 48.5 Å². The van der Waals surface area contributed by atoms with Crippen molar-refractivity contribution in [3.8, 4) is 11.8 Å². The average Bonchev–Trinajstić information content (AvgIpc) is 2.47. The minimum absolute atomic E-state index is 0.138. The SMILES string of the molecule is N#Cc1ccccc1NC(=O)COc1ccc(Cl)cc1. The molecule has 0 fully saturated rings. The molecule has 0 aliphatic heterocycles. The number of carbonyl (C=O) groups excluding carboxylic acids is 1. The first-order valence-electron chi connectivity index (χ1n) is 5.86. The van der Waals surface area contributed by atoms with Crippen LogP contribution in [0.2, 0.25) is 5.02 Å². The van der Waals surface area contributed by atoms with E-state index < -0.39 is 0 Å². The van der Waals surface area contributed by atoms with E-state index in [4.69, 9.17) is 21.6 Å². The van der Waals surface area contributed by atoms with Crippen LogP contribution in [-0.2, 0) is 4.79 Å². The monoisotopic (exact) mass is 286 g/mol. The topological polar surface area (TPSA) is 62.1 Å². The molecule has 1 amide bonds. The number of anilines is 1. The van der Waals surface area contributed by atoms with Gasteiger partial charge in [0.05, 0.1) is 11.3 Å². The van der Waals surface area contributed by atoms with Crippen molar-refractivity contribution >= 4 is 23.2 Å². The van der Waals surface area contributed by atoms with Gasteiger partial charge in [0.25, 0.3) is 5.91 Å². The molecular weight excluding hydrogens is 276 g/mol. The van der Waals surface area contributed by atoms with Gasteiger partial charge < -0.3 is 10.1 Å². The van der Waals surface area contributed by atoms with Crippen molar-refractivity contribution in [1.29, 1.82) is 5.26 Å². The van der Waals surface area contributed by atoms with Gasteiger partial charge in [0, 0.05) is 5.02 Å². The zero-order valence-corrected chi connectivity index (χ0v) is 11.2. The van der Waals surface area contributed by atoms with Crippen molar-refractivity contribution in [2.75, 3.05) is 11.9 Å². The van der Waals surface area contributed by atoms with Crippen LogP contribution in [0.4, 0.5) is 5.69 Å². The highest BCUT2D eigenvalue weighted by Gasteiger charge is 2.07. The fraction of sp³-hybridized carbons (Fsp3) is 0.0667. The zero-order chi connectivity index (χ0) is 14.4. The molecule has 0 spiro atoms. The molecule has 0 aliphatic carbocycles. The summed E-state index contributed by atoms with van der Waals surface area (Å²) < 4.78 is 5.31. The molecule has 0 heterocycles. The number of rotatable bonds is 4. The number of benzene rings is 2. The standard InChI is InChI=1S/C15H11ClN2O2/c16-12-5-7-13(8-6-12)20-10-15(19)18-14-4-2-1-3-11(14)9-17/h1-8H,10H2,(H,18,19). The predicted octanol–water partition coefficient (Wildman–Crippen LogP) is 3.23. The second kappa shape index (κ2) is 6.60. The summed E-state index contributed by atoms with van der Waals surface area (Å²) in [6, 6.07) is 15.5. The highest BCUT2D eigenvalue weighted by atomic mass is 35.5. The lowest BCUT2D eigenvalue weighted by Crippen LogP contribution is -2.20. The number of hydrogen-bond acceptors (Lipinski definition) is 3. The van der Waals surface area contributed by atoms with Crippen LogP contribution in [0, 0.1) is 11.3 Å². The van der Waals surface area contributed by atoms with Crippen LogP contribution in [0.15, 0.2) is 48.5 Å². The minimum Gasteiger partial charge on any atom is -0.484 e. The molecule has 2 aromatic carbocycles. The van der Waals surface area contributed by atoms with Gasteiger partial charge >= 0.3 is 0 Å². The van der Waals surface area contributed by atoms with Gasteiger partial charge in [-0.15, -0.1) is 0 Å². The van der Waals surface area contributed by atoms with Crippen molar-refractivity contribution < 1.29 is 9.53 Å². The Labute approximate surface area is 121 Å². The van der Waals surface area contributed by atoms with Gasteiger partial charge in [-0.1, -0.05) is 23.7 Å². The minimum atomic E-state index is -0.331. The molecule has 0 aromatic heterocycles. The number of halogens is 1. The molecule has 2 aromatic rings. The number of nitriles is 1. The number of nitrogens with zero attached hydrogens (tertiary/aromatic N) is 1. The lowest BCUT2D eigenvalue weighted by atomic mass is 10.2. The lowest BCUT2D eigenvalue weighted by Gasteiger charge is -2.08. The van der Waals surface area contributed by atoms with E-state index in [-0.39, 0.29) is 12.5 Å². The van der Waals surface area contributed by atoms with E-state index in [0.29, 0.717) is 22.0 Å². The number of hydrogen-bond donors (Lipinski definition) is 1. The van der Waals surface area contributed by atoms with Crippen LogP contribution in [-0.4, -0.2) is 12.5 Å². The third-order valence-electron chi connectivity index (χ3n) is 2.51. The summed E-state index contributed by atoms with van der Waals surface area (Å²) in [4.78, 5) is 11.7. The molecule has 20 heavy (non-hydrogen) atoms. The Hall–Kier alpha value is -2.51. The maximum absolute atomic E-state index is 11.7. The molecule has 0 bridgehead atoms. The van der Waals surface area contributed by atoms with E-state index in [9.17, 15) is 4.79 Å². The molecule has 4 nitrogen and oxygen atoms in total. The Balaban J connectivity index is 1.93. The molecule has 2 rings (SSSR count). The molecule has 0 radical (unpaired) electrons. The third kappa shape index (κ3) is 3.74. The van der Waals surface area contributed by atoms with Crippen LogP contribution in [0.5, 0.6) is 5.75 Å². The normalized spacial score (nSPS) is 9.60. The summed E-state index contributed by atoms with van der Waals surface area (Å²) >= 11 is 5.75. The van der Waals surface area contributed by atoms with Gasteiger partial charge in [-0.3, -0.25) is 4.79 Å². The number of ether oxygens (including phenoxy) is 1. The summed E-state index contributed by atoms with van der Waals surface area (Å²) in [6.07, 6.45) is 0. The summed E-state index contributed by atoms with van der Waals surface area (Å²) in [5, 5.41) is 12.2. The van der Waals surface area contributed by atoms with E-state index in [1.165, 1.54) is 0 Å². The van der Waals surface area contributed by atoms with E-state index in [2.05, 4.69) is 5.32 Å². The van der Waals surface area contributed by atoms with Gasteiger partial charge in [-0.05, 0) is 36.4 Å². The smallest absolute Gasteiger partial charge is 0.262 e. The van der Waals surface area contributed by atoms with Crippen LogP contribution in [0.3, 0.4) is 0 Å². The summed E-state index contributed by atoms with van der Waals surface area (Å²) in [6.45, 7) is -0.138. The average molecular weight is 287 g/mol. The Bertz CT molecular complexity index is 648. The van der Waals surface area contributed by atoms with Crippen molar-refractivity contribution in [3.63, 3.8) is 0 Å². The third-order valence-corrected chi connectivity index (χ3v) is 2.76. The van der Waals surface area contributed by atoms with Crippen molar-refractivity contribution in [1.82, 2.24) is 0 Å². The first-order valence-corrected chi connectivity index (χ1v) is 6.24. The molecule has 0 aliphatic rings. The largest absolute Gasteiger partial charge is 0.484 e. The Kier molecular flexibility index (Phi) is 4.59. The van der Waals surface area contributed by atoms with Gasteiger partial charge in [-0.25, -0.2) is 0 Å². The Morgan fingerprint density at radius 3 is 2.60 bits per heavy atom. The zero-order valence-electron chi connectivity index (χ0n) is 10.5. The van der Waals surface area contributed by atoms with Crippen molar-refractivity contribution in [2.45, 2.75) is 0 Å². The maximum Gasteiger partial charge on any atom is 0.262 e. The van der Waals surface area contributed by atoms with E-state index in [1.807, 2.05) is 6.07 Å². The molecule has 1 N–H and O–H groups in total. The highest BCUT2D eigenvalue weighted by Crippen LogP contribution is 2.16. The van der Waals surface area contributed by atoms with Crippen LogP contribution >= 0.6 is 11.6 Å². The molecule has 0 atom stereocenters. The van der Waals surface area contributed by atoms with E-state index in [0.717, 1.165) is 0 Å². The second-order valence-electron chi connectivity index (χ2n) is 3.95. The first-order chi connectivity index (χ1) is 9.69. The summed E-state index contributed by atoms with van der Waals surface area (Å²) in [5.74, 6) is 0.223. The van der Waals surface area contributed by atoms with E-state index >= 15 is 0 Å². The Morgan fingerprint density at radius 2 is 1.90 bits per heavy atom. The number of carbonyl (C=O) groups is 1. The van der Waals surface area contributed by atoms with Crippen LogP contribution in [0.1, 0.15) is 5.56 Å². The molecule has 5 heteroatoms. The predicted molar refractivity (Wildman–Crippen MR) is 76.7 cm³/mol. The molecule has 100 valence electrons. The van der Waals surface area contributed by atoms with Crippen LogP contribution < -0.4 is 10.1 Å². The molecular formula is C15H11ClN2O2. The number of amides is 1. The highest BCUT2D eigenvalue weighted by molar-refractivity contribution is 6.30. The number of para-hydroxylation sites is 1. The Morgan fingerprint density at radius 1 is 1.20 bits per heavy atom. The summed E-state index contributed by atoms with van der Waals surface area (Å²) in [7, 11) is 0. The first kappa shape index (κ1) is 13.9. The fourth-order valence-corrected chi connectivity index (χ4v) is 1.68. The van der Waals surface area contributed by atoms with Crippen molar-refractivity contribution in [2.24, 2.45) is 0 Å².